The Hall–Kier alpha value is -2.47. The predicted molar refractivity (Wildman–Crippen MR) is 77.9 cm³/mol. The second-order valence-corrected chi connectivity index (χ2v) is 5.05. The lowest BCUT2D eigenvalue weighted by Gasteiger charge is -2.20. The fraction of sp³-hybridized carbons (Fsp3) is 0.143. The second-order valence-electron chi connectivity index (χ2n) is 4.50. The first-order valence-electron chi connectivity index (χ1n) is 6.02. The molecule has 0 bridgehead atoms. The van der Waals surface area contributed by atoms with Crippen LogP contribution in [0.15, 0.2) is 48.5 Å². The van der Waals surface area contributed by atoms with E-state index in [0.717, 1.165) is 6.07 Å². The molecule has 0 heterocycles. The zero-order valence-corrected chi connectivity index (χ0v) is 11.8. The Kier molecular flexibility index (Phi) is 3.90. The number of rotatable bonds is 4. The third-order valence-electron chi connectivity index (χ3n) is 3.20. The zero-order chi connectivity index (χ0) is 15.6. The Bertz CT molecular complexity index is 705. The topological polar surface area (TPSA) is 86.3 Å². The molecule has 0 amide bonds. The van der Waals surface area contributed by atoms with Crippen LogP contribution in [0.3, 0.4) is 0 Å². The Morgan fingerprint density at radius 3 is 2.19 bits per heavy atom. The van der Waals surface area contributed by atoms with Gasteiger partial charge in [-0.1, -0.05) is 36.4 Å². The molecular formula is C14H11ClN2O4. The summed E-state index contributed by atoms with van der Waals surface area (Å²) in [6.45, 7) is 1.63. The van der Waals surface area contributed by atoms with E-state index in [1.807, 2.05) is 0 Å². The van der Waals surface area contributed by atoms with Crippen LogP contribution in [0.5, 0.6) is 0 Å². The van der Waals surface area contributed by atoms with Gasteiger partial charge in [0.05, 0.1) is 15.4 Å². The molecule has 0 aliphatic heterocycles. The van der Waals surface area contributed by atoms with Crippen molar-refractivity contribution < 1.29 is 9.85 Å². The van der Waals surface area contributed by atoms with Gasteiger partial charge in [0.2, 0.25) is 0 Å². The third kappa shape index (κ3) is 2.57. The van der Waals surface area contributed by atoms with E-state index in [9.17, 15) is 20.2 Å². The van der Waals surface area contributed by atoms with Crippen molar-refractivity contribution in [2.45, 2.75) is 11.9 Å². The van der Waals surface area contributed by atoms with E-state index in [0.29, 0.717) is 5.56 Å². The minimum absolute atomic E-state index is 0.0922. The highest BCUT2D eigenvalue weighted by atomic mass is 35.5. The number of nitro benzene ring substituents is 1. The molecule has 108 valence electrons. The van der Waals surface area contributed by atoms with E-state index in [4.69, 9.17) is 11.6 Å². The van der Waals surface area contributed by atoms with Gasteiger partial charge in [0, 0.05) is 17.7 Å². The number of alkyl halides is 1. The number of hydrogen-bond donors (Lipinski definition) is 0. The van der Waals surface area contributed by atoms with E-state index in [1.54, 1.807) is 25.1 Å². The molecule has 0 saturated heterocycles. The Labute approximate surface area is 125 Å². The van der Waals surface area contributed by atoms with Crippen LogP contribution in [0.2, 0.25) is 0 Å². The first kappa shape index (κ1) is 14.9. The molecule has 6 nitrogen and oxygen atoms in total. The predicted octanol–water partition coefficient (Wildman–Crippen LogP) is 3.62. The van der Waals surface area contributed by atoms with Crippen LogP contribution < -0.4 is 0 Å². The summed E-state index contributed by atoms with van der Waals surface area (Å²) in [5.74, 6) is 0. The first-order chi connectivity index (χ1) is 9.87. The number of non-ortho nitro benzene ring substituents is 1. The summed E-state index contributed by atoms with van der Waals surface area (Å²) in [5.41, 5.74) is 0.615. The fourth-order valence-corrected chi connectivity index (χ4v) is 2.43. The average Bonchev–Trinajstić information content (AvgIpc) is 2.47. The molecule has 0 aliphatic carbocycles. The highest BCUT2D eigenvalue weighted by Crippen LogP contribution is 2.40. The molecule has 1 atom stereocenters. The van der Waals surface area contributed by atoms with Gasteiger partial charge in [0.25, 0.3) is 5.69 Å². The van der Waals surface area contributed by atoms with Gasteiger partial charge >= 0.3 is 5.00 Å². The van der Waals surface area contributed by atoms with Crippen molar-refractivity contribution in [1.29, 1.82) is 0 Å². The molecular weight excluding hydrogens is 296 g/mol. The van der Waals surface area contributed by atoms with Gasteiger partial charge in [-0.3, -0.25) is 20.2 Å². The minimum atomic E-state index is -2.06. The third-order valence-corrected chi connectivity index (χ3v) is 3.76. The molecule has 0 saturated carbocycles. The van der Waals surface area contributed by atoms with Gasteiger partial charge in [0.1, 0.15) is 0 Å². The summed E-state index contributed by atoms with van der Waals surface area (Å²) in [7, 11) is 0. The number of halogens is 1. The van der Waals surface area contributed by atoms with Crippen molar-refractivity contribution in [3.63, 3.8) is 0 Å². The Morgan fingerprint density at radius 2 is 1.67 bits per heavy atom. The number of benzene rings is 2. The number of nitrogens with zero attached hydrogens (tertiary/aromatic N) is 2. The molecule has 1 unspecified atom stereocenters. The molecule has 0 spiro atoms. The summed E-state index contributed by atoms with van der Waals surface area (Å²) < 4.78 is 0. The molecule has 0 N–H and O–H groups in total. The normalized spacial score (nSPS) is 13.4. The van der Waals surface area contributed by atoms with Crippen LogP contribution in [0.1, 0.15) is 16.7 Å². The van der Waals surface area contributed by atoms with Crippen LogP contribution in [0.25, 0.3) is 0 Å². The SMILES string of the molecule is Cc1ccc([N+](=O)[O-])cc1C(Cl)(c1ccccc1)[N+](=O)[O-]. The second kappa shape index (κ2) is 5.49. The molecule has 21 heavy (non-hydrogen) atoms. The molecule has 0 fully saturated rings. The maximum absolute atomic E-state index is 11.6. The van der Waals surface area contributed by atoms with E-state index >= 15 is 0 Å². The molecule has 2 rings (SSSR count). The Balaban J connectivity index is 2.72. The van der Waals surface area contributed by atoms with Gasteiger partial charge in [-0.05, 0) is 24.1 Å². The Morgan fingerprint density at radius 1 is 1.05 bits per heavy atom. The molecule has 0 aromatic heterocycles. The van der Waals surface area contributed by atoms with Gasteiger partial charge in [-0.15, -0.1) is 0 Å². The lowest BCUT2D eigenvalue weighted by molar-refractivity contribution is -0.537. The summed E-state index contributed by atoms with van der Waals surface area (Å²) in [6, 6.07) is 11.9. The maximum Gasteiger partial charge on any atom is 0.346 e. The van der Waals surface area contributed by atoms with E-state index in [1.165, 1.54) is 24.3 Å². The number of nitro groups is 2. The number of hydrogen-bond acceptors (Lipinski definition) is 4. The lowest BCUT2D eigenvalue weighted by Crippen LogP contribution is -2.31. The van der Waals surface area contributed by atoms with Crippen molar-refractivity contribution in [2.24, 2.45) is 0 Å². The lowest BCUT2D eigenvalue weighted by atomic mass is 9.94. The summed E-state index contributed by atoms with van der Waals surface area (Å²) in [4.78, 5) is 19.1. The van der Waals surface area contributed by atoms with Crippen molar-refractivity contribution >= 4 is 17.3 Å². The summed E-state index contributed by atoms with van der Waals surface area (Å²) >= 11 is 6.29. The summed E-state index contributed by atoms with van der Waals surface area (Å²) in [5, 5.41) is 22.4. The van der Waals surface area contributed by atoms with Crippen molar-refractivity contribution in [3.8, 4) is 0 Å². The molecule has 2 aromatic rings. The van der Waals surface area contributed by atoms with Crippen LogP contribution >= 0.6 is 11.6 Å². The van der Waals surface area contributed by atoms with Gasteiger partial charge < -0.3 is 0 Å². The number of aryl methyl sites for hydroxylation is 1. The molecule has 2 aromatic carbocycles. The molecule has 0 aliphatic rings. The zero-order valence-electron chi connectivity index (χ0n) is 11.0. The van der Waals surface area contributed by atoms with E-state index in [2.05, 4.69) is 0 Å². The molecule has 7 heteroatoms. The highest BCUT2D eigenvalue weighted by Gasteiger charge is 2.46. The van der Waals surface area contributed by atoms with Crippen LogP contribution in [-0.4, -0.2) is 9.85 Å². The average molecular weight is 307 g/mol. The largest absolute Gasteiger partial charge is 0.346 e. The highest BCUT2D eigenvalue weighted by molar-refractivity contribution is 6.24. The summed E-state index contributed by atoms with van der Waals surface area (Å²) in [6.07, 6.45) is 0. The fourth-order valence-electron chi connectivity index (χ4n) is 2.10. The molecule has 0 radical (unpaired) electrons. The van der Waals surface area contributed by atoms with E-state index in [-0.39, 0.29) is 16.8 Å². The standard InChI is InChI=1S/C14H11ClN2O4/c1-10-7-8-12(16(18)19)9-13(10)14(15,17(20)21)11-5-3-2-4-6-11/h2-9H,1H3. The van der Waals surface area contributed by atoms with Crippen LogP contribution in [0, 0.1) is 27.2 Å². The quantitative estimate of drug-likeness (QED) is 0.373. The van der Waals surface area contributed by atoms with Crippen LogP contribution in [0.4, 0.5) is 5.69 Å². The van der Waals surface area contributed by atoms with Gasteiger partial charge in [0.15, 0.2) is 0 Å². The van der Waals surface area contributed by atoms with Crippen molar-refractivity contribution in [3.05, 3.63) is 85.4 Å². The van der Waals surface area contributed by atoms with Crippen molar-refractivity contribution in [1.82, 2.24) is 0 Å². The van der Waals surface area contributed by atoms with Crippen LogP contribution in [-0.2, 0) is 5.00 Å². The van der Waals surface area contributed by atoms with Gasteiger partial charge in [-0.2, -0.15) is 0 Å². The minimum Gasteiger partial charge on any atom is -0.262 e. The maximum atomic E-state index is 11.6. The van der Waals surface area contributed by atoms with Crippen molar-refractivity contribution in [2.75, 3.05) is 0 Å². The first-order valence-corrected chi connectivity index (χ1v) is 6.39. The smallest absolute Gasteiger partial charge is 0.262 e. The monoisotopic (exact) mass is 306 g/mol. The van der Waals surface area contributed by atoms with Gasteiger partial charge in [-0.25, -0.2) is 0 Å². The van der Waals surface area contributed by atoms with E-state index < -0.39 is 14.8 Å².